The van der Waals surface area contributed by atoms with E-state index >= 15 is 0 Å². The largest absolute Gasteiger partial charge is 0.325 e. The molecular formula is C18H15ClFN5OS. The maximum atomic E-state index is 13.2. The second kappa shape index (κ2) is 8.79. The number of pyridine rings is 1. The minimum atomic E-state index is -0.538. The van der Waals surface area contributed by atoms with E-state index in [-0.39, 0.29) is 16.7 Å². The van der Waals surface area contributed by atoms with Gasteiger partial charge >= 0.3 is 0 Å². The molecule has 1 aromatic carbocycles. The van der Waals surface area contributed by atoms with Gasteiger partial charge in [-0.3, -0.25) is 14.3 Å². The first kappa shape index (κ1) is 19.1. The van der Waals surface area contributed by atoms with Crippen molar-refractivity contribution < 1.29 is 9.18 Å². The third-order valence-electron chi connectivity index (χ3n) is 3.48. The number of thioether (sulfide) groups is 1. The SMILES string of the molecule is C=CCn1c(SCC(=O)Nc2ccc(F)c(Cl)c2)nnc1-c1cccnc1. The van der Waals surface area contributed by atoms with Crippen molar-refractivity contribution in [1.29, 1.82) is 0 Å². The minimum Gasteiger partial charge on any atom is -0.325 e. The van der Waals surface area contributed by atoms with E-state index in [0.717, 1.165) is 5.56 Å². The molecule has 9 heteroatoms. The van der Waals surface area contributed by atoms with Crippen LogP contribution in [0.5, 0.6) is 0 Å². The molecule has 2 aromatic heterocycles. The number of rotatable bonds is 7. The highest BCUT2D eigenvalue weighted by atomic mass is 35.5. The van der Waals surface area contributed by atoms with Crippen LogP contribution in [0.25, 0.3) is 11.4 Å². The molecule has 27 heavy (non-hydrogen) atoms. The predicted octanol–water partition coefficient (Wildman–Crippen LogP) is 4.05. The van der Waals surface area contributed by atoms with Crippen LogP contribution in [0.1, 0.15) is 0 Å². The Morgan fingerprint density at radius 3 is 2.93 bits per heavy atom. The quantitative estimate of drug-likeness (QED) is 0.476. The number of hydrogen-bond acceptors (Lipinski definition) is 5. The van der Waals surface area contributed by atoms with Gasteiger partial charge in [-0.25, -0.2) is 4.39 Å². The summed E-state index contributed by atoms with van der Waals surface area (Å²) in [6.45, 7) is 4.25. The highest BCUT2D eigenvalue weighted by Crippen LogP contribution is 2.24. The topological polar surface area (TPSA) is 72.7 Å². The first-order chi connectivity index (χ1) is 13.1. The standard InChI is InChI=1S/C18H15ClFN5OS/c1-2-8-25-17(12-4-3-7-21-10-12)23-24-18(25)27-11-16(26)22-13-5-6-15(20)14(19)9-13/h2-7,9-10H,1,8,11H2,(H,22,26). The average molecular weight is 404 g/mol. The number of benzene rings is 1. The van der Waals surface area contributed by atoms with E-state index in [9.17, 15) is 9.18 Å². The van der Waals surface area contributed by atoms with Crippen molar-refractivity contribution in [2.45, 2.75) is 11.7 Å². The molecule has 0 atom stereocenters. The maximum Gasteiger partial charge on any atom is 0.234 e. The number of allylic oxidation sites excluding steroid dienone is 1. The van der Waals surface area contributed by atoms with Crippen molar-refractivity contribution in [3.63, 3.8) is 0 Å². The summed E-state index contributed by atoms with van der Waals surface area (Å²) in [6.07, 6.45) is 5.11. The monoisotopic (exact) mass is 403 g/mol. The molecule has 0 aliphatic rings. The van der Waals surface area contributed by atoms with E-state index in [1.54, 1.807) is 18.5 Å². The van der Waals surface area contributed by atoms with Gasteiger partial charge in [-0.2, -0.15) is 0 Å². The van der Waals surface area contributed by atoms with Gasteiger partial charge in [0.2, 0.25) is 5.91 Å². The molecule has 1 amide bonds. The summed E-state index contributed by atoms with van der Waals surface area (Å²) in [5.74, 6) is -0.0448. The molecule has 0 unspecified atom stereocenters. The Hall–Kier alpha value is -2.71. The normalized spacial score (nSPS) is 10.6. The molecule has 0 fully saturated rings. The fraction of sp³-hybridized carbons (Fsp3) is 0.111. The molecule has 138 valence electrons. The molecule has 2 heterocycles. The zero-order valence-electron chi connectivity index (χ0n) is 14.1. The van der Waals surface area contributed by atoms with Crippen LogP contribution in [-0.2, 0) is 11.3 Å². The molecule has 3 rings (SSSR count). The number of nitrogens with one attached hydrogen (secondary N) is 1. The number of carbonyl (C=O) groups is 1. The summed E-state index contributed by atoms with van der Waals surface area (Å²) in [5, 5.41) is 11.6. The van der Waals surface area contributed by atoms with Gasteiger partial charge in [0.15, 0.2) is 11.0 Å². The molecule has 0 aliphatic heterocycles. The van der Waals surface area contributed by atoms with Crippen molar-refractivity contribution in [2.24, 2.45) is 0 Å². The molecule has 1 N–H and O–H groups in total. The van der Waals surface area contributed by atoms with Crippen LogP contribution < -0.4 is 5.32 Å². The number of nitrogens with zero attached hydrogens (tertiary/aromatic N) is 4. The van der Waals surface area contributed by atoms with E-state index < -0.39 is 5.82 Å². The Balaban J connectivity index is 1.70. The second-order valence-corrected chi connectivity index (χ2v) is 6.76. The Kier molecular flexibility index (Phi) is 6.20. The van der Waals surface area contributed by atoms with Crippen LogP contribution in [0.2, 0.25) is 5.02 Å². The van der Waals surface area contributed by atoms with Gasteiger partial charge < -0.3 is 5.32 Å². The van der Waals surface area contributed by atoms with Gasteiger partial charge in [0.05, 0.1) is 10.8 Å². The first-order valence-electron chi connectivity index (χ1n) is 7.90. The third kappa shape index (κ3) is 4.72. The summed E-state index contributed by atoms with van der Waals surface area (Å²) in [4.78, 5) is 16.3. The molecule has 6 nitrogen and oxygen atoms in total. The number of amides is 1. The lowest BCUT2D eigenvalue weighted by molar-refractivity contribution is -0.113. The lowest BCUT2D eigenvalue weighted by Gasteiger charge is -2.08. The fourth-order valence-corrected chi connectivity index (χ4v) is 3.23. The summed E-state index contributed by atoms with van der Waals surface area (Å²) in [6, 6.07) is 7.71. The number of aromatic nitrogens is 4. The first-order valence-corrected chi connectivity index (χ1v) is 9.27. The molecule has 3 aromatic rings. The highest BCUT2D eigenvalue weighted by Gasteiger charge is 2.15. The fourth-order valence-electron chi connectivity index (χ4n) is 2.30. The van der Waals surface area contributed by atoms with Gasteiger partial charge in [-0.1, -0.05) is 29.4 Å². The zero-order chi connectivity index (χ0) is 19.2. The highest BCUT2D eigenvalue weighted by molar-refractivity contribution is 7.99. The smallest absolute Gasteiger partial charge is 0.234 e. The van der Waals surface area contributed by atoms with E-state index in [0.29, 0.717) is 23.2 Å². The molecule has 0 radical (unpaired) electrons. The van der Waals surface area contributed by atoms with Crippen molar-refractivity contribution in [3.8, 4) is 11.4 Å². The predicted molar refractivity (Wildman–Crippen MR) is 104 cm³/mol. The van der Waals surface area contributed by atoms with E-state index in [1.165, 1.54) is 30.0 Å². The Bertz CT molecular complexity index is 964. The van der Waals surface area contributed by atoms with Crippen LogP contribution >= 0.6 is 23.4 Å². The molecule has 0 saturated carbocycles. The summed E-state index contributed by atoms with van der Waals surface area (Å²) < 4.78 is 15.0. The Morgan fingerprint density at radius 2 is 2.22 bits per heavy atom. The second-order valence-electron chi connectivity index (χ2n) is 5.41. The van der Waals surface area contributed by atoms with Gasteiger partial charge in [0.1, 0.15) is 5.82 Å². The summed E-state index contributed by atoms with van der Waals surface area (Å²) in [7, 11) is 0. The number of halogens is 2. The molecule has 0 saturated heterocycles. The van der Waals surface area contributed by atoms with Crippen LogP contribution in [-0.4, -0.2) is 31.4 Å². The number of anilines is 1. The van der Waals surface area contributed by atoms with E-state index in [2.05, 4.69) is 27.1 Å². The zero-order valence-corrected chi connectivity index (χ0v) is 15.7. The van der Waals surface area contributed by atoms with Crippen molar-refractivity contribution in [1.82, 2.24) is 19.7 Å². The number of carbonyl (C=O) groups excluding carboxylic acids is 1. The van der Waals surface area contributed by atoms with E-state index in [1.807, 2.05) is 16.7 Å². The van der Waals surface area contributed by atoms with Gasteiger partial charge in [-0.15, -0.1) is 16.8 Å². The average Bonchev–Trinajstić information content (AvgIpc) is 3.07. The molecule has 0 spiro atoms. The lowest BCUT2D eigenvalue weighted by atomic mass is 10.3. The summed E-state index contributed by atoms with van der Waals surface area (Å²) in [5.41, 5.74) is 1.25. The lowest BCUT2D eigenvalue weighted by Crippen LogP contribution is -2.14. The summed E-state index contributed by atoms with van der Waals surface area (Å²) >= 11 is 6.96. The van der Waals surface area contributed by atoms with Crippen molar-refractivity contribution >= 4 is 35.0 Å². The molecule has 0 aliphatic carbocycles. The number of hydrogen-bond donors (Lipinski definition) is 1. The molecule has 0 bridgehead atoms. The van der Waals surface area contributed by atoms with Crippen molar-refractivity contribution in [2.75, 3.05) is 11.1 Å². The van der Waals surface area contributed by atoms with Gasteiger partial charge in [0, 0.05) is 30.2 Å². The van der Waals surface area contributed by atoms with Crippen LogP contribution in [0.4, 0.5) is 10.1 Å². The minimum absolute atomic E-state index is 0.0488. The van der Waals surface area contributed by atoms with Crippen molar-refractivity contribution in [3.05, 3.63) is 66.2 Å². The van der Waals surface area contributed by atoms with Gasteiger partial charge in [0.25, 0.3) is 0 Å². The Labute approximate surface area is 164 Å². The van der Waals surface area contributed by atoms with Crippen LogP contribution in [0.15, 0.2) is 60.5 Å². The third-order valence-corrected chi connectivity index (χ3v) is 4.74. The van der Waals surface area contributed by atoms with Crippen LogP contribution in [0, 0.1) is 5.82 Å². The van der Waals surface area contributed by atoms with E-state index in [4.69, 9.17) is 11.6 Å². The van der Waals surface area contributed by atoms with Crippen LogP contribution in [0.3, 0.4) is 0 Å². The maximum absolute atomic E-state index is 13.2. The Morgan fingerprint density at radius 1 is 1.37 bits per heavy atom. The molecular weight excluding hydrogens is 389 g/mol. The van der Waals surface area contributed by atoms with Gasteiger partial charge in [-0.05, 0) is 30.3 Å².